The standard InChI is InChI=1S/C13H14N2S/c14-9-11-4-6-13(7-5-11)16-10-12-3-1-2-8-15-12/h1-8H,9-10,14H2. The van der Waals surface area contributed by atoms with E-state index in [1.807, 2.05) is 24.4 Å². The van der Waals surface area contributed by atoms with Crippen molar-refractivity contribution < 1.29 is 0 Å². The zero-order valence-electron chi connectivity index (χ0n) is 8.97. The SMILES string of the molecule is NCc1ccc(SCc2ccccn2)cc1. The Balaban J connectivity index is 1.94. The van der Waals surface area contributed by atoms with Crippen molar-refractivity contribution >= 4 is 11.8 Å². The lowest BCUT2D eigenvalue weighted by atomic mass is 10.2. The van der Waals surface area contributed by atoms with Crippen LogP contribution in [0.3, 0.4) is 0 Å². The zero-order valence-corrected chi connectivity index (χ0v) is 9.78. The Hall–Kier alpha value is -1.32. The van der Waals surface area contributed by atoms with Crippen molar-refractivity contribution in [2.45, 2.75) is 17.2 Å². The molecule has 0 aliphatic rings. The fourth-order valence-corrected chi connectivity index (χ4v) is 2.18. The van der Waals surface area contributed by atoms with E-state index < -0.39 is 0 Å². The average Bonchev–Trinajstić information content (AvgIpc) is 2.38. The molecule has 0 saturated heterocycles. The molecule has 16 heavy (non-hydrogen) atoms. The van der Waals surface area contributed by atoms with Crippen LogP contribution in [-0.4, -0.2) is 4.98 Å². The maximum atomic E-state index is 5.55. The number of hydrogen-bond donors (Lipinski definition) is 1. The number of hydrogen-bond acceptors (Lipinski definition) is 3. The third-order valence-electron chi connectivity index (χ3n) is 2.27. The first kappa shape index (κ1) is 11.2. The summed E-state index contributed by atoms with van der Waals surface area (Å²) in [5.41, 5.74) is 7.82. The minimum Gasteiger partial charge on any atom is -0.326 e. The quantitative estimate of drug-likeness (QED) is 0.821. The van der Waals surface area contributed by atoms with Gasteiger partial charge in [-0.15, -0.1) is 11.8 Å². The Morgan fingerprint density at radius 3 is 2.50 bits per heavy atom. The van der Waals surface area contributed by atoms with Gasteiger partial charge in [0.2, 0.25) is 0 Å². The molecule has 0 aliphatic carbocycles. The van der Waals surface area contributed by atoms with Gasteiger partial charge in [-0.3, -0.25) is 4.98 Å². The molecule has 2 nitrogen and oxygen atoms in total. The van der Waals surface area contributed by atoms with Gasteiger partial charge in [-0.1, -0.05) is 18.2 Å². The molecule has 0 fully saturated rings. The summed E-state index contributed by atoms with van der Waals surface area (Å²) in [6, 6.07) is 14.3. The molecule has 0 saturated carbocycles. The van der Waals surface area contributed by atoms with E-state index in [4.69, 9.17) is 5.73 Å². The summed E-state index contributed by atoms with van der Waals surface area (Å²) in [4.78, 5) is 5.54. The van der Waals surface area contributed by atoms with Crippen LogP contribution in [0.25, 0.3) is 0 Å². The van der Waals surface area contributed by atoms with Gasteiger partial charge in [0, 0.05) is 23.4 Å². The molecule has 1 aromatic heterocycles. The second kappa shape index (κ2) is 5.68. The van der Waals surface area contributed by atoms with E-state index in [2.05, 4.69) is 29.2 Å². The second-order valence-corrected chi connectivity index (χ2v) is 4.51. The molecule has 2 N–H and O–H groups in total. The van der Waals surface area contributed by atoms with Gasteiger partial charge in [0.15, 0.2) is 0 Å². The molecule has 0 bridgehead atoms. The highest BCUT2D eigenvalue weighted by molar-refractivity contribution is 7.98. The first-order valence-corrected chi connectivity index (χ1v) is 6.19. The molecule has 0 unspecified atom stereocenters. The van der Waals surface area contributed by atoms with Crippen molar-refractivity contribution in [2.24, 2.45) is 5.73 Å². The van der Waals surface area contributed by atoms with Gasteiger partial charge in [-0.05, 0) is 29.8 Å². The number of nitrogens with zero attached hydrogens (tertiary/aromatic N) is 1. The van der Waals surface area contributed by atoms with Crippen molar-refractivity contribution in [3.05, 3.63) is 59.9 Å². The lowest BCUT2D eigenvalue weighted by molar-refractivity contribution is 1.06. The van der Waals surface area contributed by atoms with Crippen LogP contribution in [-0.2, 0) is 12.3 Å². The molecule has 2 aromatic rings. The van der Waals surface area contributed by atoms with Crippen LogP contribution < -0.4 is 5.73 Å². The van der Waals surface area contributed by atoms with Crippen LogP contribution in [0.5, 0.6) is 0 Å². The fourth-order valence-electron chi connectivity index (χ4n) is 1.36. The Labute approximate surface area is 99.9 Å². The van der Waals surface area contributed by atoms with Crippen LogP contribution in [0.1, 0.15) is 11.3 Å². The number of pyridine rings is 1. The first-order valence-electron chi connectivity index (χ1n) is 5.20. The van der Waals surface area contributed by atoms with Gasteiger partial charge in [0.25, 0.3) is 0 Å². The molecule has 82 valence electrons. The lowest BCUT2D eigenvalue weighted by Gasteiger charge is -2.02. The van der Waals surface area contributed by atoms with Crippen molar-refractivity contribution in [1.82, 2.24) is 4.98 Å². The van der Waals surface area contributed by atoms with Crippen LogP contribution in [0, 0.1) is 0 Å². The number of rotatable bonds is 4. The van der Waals surface area contributed by atoms with Crippen molar-refractivity contribution in [1.29, 1.82) is 0 Å². The third kappa shape index (κ3) is 3.08. The summed E-state index contributed by atoms with van der Waals surface area (Å²) in [6.45, 7) is 0.602. The number of aromatic nitrogens is 1. The number of benzene rings is 1. The largest absolute Gasteiger partial charge is 0.326 e. The molecular weight excluding hydrogens is 216 g/mol. The monoisotopic (exact) mass is 230 g/mol. The summed E-state index contributed by atoms with van der Waals surface area (Å²) in [7, 11) is 0. The Bertz CT molecular complexity index is 425. The first-order chi connectivity index (χ1) is 7.88. The predicted molar refractivity (Wildman–Crippen MR) is 68.1 cm³/mol. The molecule has 2 rings (SSSR count). The molecule has 0 amide bonds. The number of nitrogens with two attached hydrogens (primary N) is 1. The summed E-state index contributed by atoms with van der Waals surface area (Å²) < 4.78 is 0. The highest BCUT2D eigenvalue weighted by Gasteiger charge is 1.97. The van der Waals surface area contributed by atoms with Crippen molar-refractivity contribution in [3.8, 4) is 0 Å². The van der Waals surface area contributed by atoms with Crippen LogP contribution >= 0.6 is 11.8 Å². The Morgan fingerprint density at radius 2 is 1.88 bits per heavy atom. The van der Waals surface area contributed by atoms with Gasteiger partial charge in [-0.25, -0.2) is 0 Å². The van der Waals surface area contributed by atoms with Gasteiger partial charge in [-0.2, -0.15) is 0 Å². The smallest absolute Gasteiger partial charge is 0.0506 e. The van der Waals surface area contributed by atoms with E-state index in [9.17, 15) is 0 Å². The average molecular weight is 230 g/mol. The molecule has 0 radical (unpaired) electrons. The normalized spacial score (nSPS) is 10.3. The highest BCUT2D eigenvalue weighted by Crippen LogP contribution is 2.21. The second-order valence-electron chi connectivity index (χ2n) is 3.46. The maximum absolute atomic E-state index is 5.55. The predicted octanol–water partition coefficient (Wildman–Crippen LogP) is 2.83. The van der Waals surface area contributed by atoms with Crippen molar-refractivity contribution in [3.63, 3.8) is 0 Å². The minimum absolute atomic E-state index is 0.602. The summed E-state index contributed by atoms with van der Waals surface area (Å²) in [5.74, 6) is 0.906. The molecule has 0 spiro atoms. The van der Waals surface area contributed by atoms with E-state index >= 15 is 0 Å². The molecule has 0 aliphatic heterocycles. The van der Waals surface area contributed by atoms with E-state index in [0.717, 1.165) is 11.4 Å². The lowest BCUT2D eigenvalue weighted by Crippen LogP contribution is -1.95. The Morgan fingerprint density at radius 1 is 1.06 bits per heavy atom. The van der Waals surface area contributed by atoms with Gasteiger partial charge < -0.3 is 5.73 Å². The van der Waals surface area contributed by atoms with Crippen LogP contribution in [0.15, 0.2) is 53.6 Å². The van der Waals surface area contributed by atoms with E-state index in [-0.39, 0.29) is 0 Å². The summed E-state index contributed by atoms with van der Waals surface area (Å²) in [5, 5.41) is 0. The van der Waals surface area contributed by atoms with Crippen molar-refractivity contribution in [2.75, 3.05) is 0 Å². The van der Waals surface area contributed by atoms with Crippen LogP contribution in [0.2, 0.25) is 0 Å². The minimum atomic E-state index is 0.602. The zero-order chi connectivity index (χ0) is 11.2. The van der Waals surface area contributed by atoms with E-state index in [1.165, 1.54) is 10.5 Å². The van der Waals surface area contributed by atoms with Crippen LogP contribution in [0.4, 0.5) is 0 Å². The molecule has 3 heteroatoms. The molecule has 1 aromatic carbocycles. The Kier molecular flexibility index (Phi) is 3.97. The van der Waals surface area contributed by atoms with Gasteiger partial charge >= 0.3 is 0 Å². The van der Waals surface area contributed by atoms with Gasteiger partial charge in [0.05, 0.1) is 5.69 Å². The maximum Gasteiger partial charge on any atom is 0.0506 e. The summed E-state index contributed by atoms with van der Waals surface area (Å²) >= 11 is 1.79. The highest BCUT2D eigenvalue weighted by atomic mass is 32.2. The number of thioether (sulfide) groups is 1. The summed E-state index contributed by atoms with van der Waals surface area (Å²) in [6.07, 6.45) is 1.83. The molecule has 1 heterocycles. The molecular formula is C13H14N2S. The van der Waals surface area contributed by atoms with Gasteiger partial charge in [0.1, 0.15) is 0 Å². The third-order valence-corrected chi connectivity index (χ3v) is 3.32. The van der Waals surface area contributed by atoms with E-state index in [1.54, 1.807) is 11.8 Å². The fraction of sp³-hybridized carbons (Fsp3) is 0.154. The topological polar surface area (TPSA) is 38.9 Å². The van der Waals surface area contributed by atoms with E-state index in [0.29, 0.717) is 6.54 Å². The molecule has 0 atom stereocenters.